The van der Waals surface area contributed by atoms with Gasteiger partial charge in [-0.25, -0.2) is 9.37 Å². The molecule has 1 heterocycles. The molecule has 0 fully saturated rings. The standard InChI is InChI=1S/C16H15BrFN3/c1-10(7-11-5-3-2-4-6-11)21-15-8-12(17)13(18)9-14(15)20-16(21)19/h2-6,8-10H,7H2,1H3,(H2,19,20). The van der Waals surface area contributed by atoms with E-state index in [0.29, 0.717) is 15.9 Å². The Balaban J connectivity index is 2.03. The lowest BCUT2D eigenvalue weighted by Gasteiger charge is -2.16. The van der Waals surface area contributed by atoms with E-state index in [4.69, 9.17) is 5.73 Å². The minimum atomic E-state index is -0.331. The van der Waals surface area contributed by atoms with E-state index in [1.165, 1.54) is 11.6 Å². The van der Waals surface area contributed by atoms with Gasteiger partial charge >= 0.3 is 0 Å². The van der Waals surface area contributed by atoms with Crippen molar-refractivity contribution in [3.05, 3.63) is 58.3 Å². The van der Waals surface area contributed by atoms with Crippen LogP contribution in [-0.2, 0) is 6.42 Å². The largest absolute Gasteiger partial charge is 0.369 e. The number of nitrogen functional groups attached to an aromatic ring is 1. The van der Waals surface area contributed by atoms with E-state index in [1.54, 1.807) is 6.07 Å². The molecule has 3 rings (SSSR count). The number of nitrogens with zero attached hydrogens (tertiary/aromatic N) is 2. The van der Waals surface area contributed by atoms with Gasteiger partial charge in [0.2, 0.25) is 5.95 Å². The van der Waals surface area contributed by atoms with Crippen molar-refractivity contribution in [2.24, 2.45) is 0 Å². The van der Waals surface area contributed by atoms with Crippen molar-refractivity contribution in [2.75, 3.05) is 5.73 Å². The summed E-state index contributed by atoms with van der Waals surface area (Å²) in [7, 11) is 0. The molecule has 0 bridgehead atoms. The fourth-order valence-corrected chi connectivity index (χ4v) is 2.95. The molecule has 3 aromatic rings. The van der Waals surface area contributed by atoms with Gasteiger partial charge in [0.1, 0.15) is 5.82 Å². The molecule has 2 N–H and O–H groups in total. The van der Waals surface area contributed by atoms with Crippen LogP contribution in [0.15, 0.2) is 46.9 Å². The third kappa shape index (κ3) is 2.65. The van der Waals surface area contributed by atoms with Crippen molar-refractivity contribution in [1.82, 2.24) is 9.55 Å². The van der Waals surface area contributed by atoms with Gasteiger partial charge in [-0.05, 0) is 40.9 Å². The average molecular weight is 348 g/mol. The number of hydrogen-bond acceptors (Lipinski definition) is 2. The Hall–Kier alpha value is -1.88. The fraction of sp³-hybridized carbons (Fsp3) is 0.188. The van der Waals surface area contributed by atoms with E-state index < -0.39 is 0 Å². The number of fused-ring (bicyclic) bond motifs is 1. The van der Waals surface area contributed by atoms with Crippen LogP contribution in [0.5, 0.6) is 0 Å². The van der Waals surface area contributed by atoms with E-state index in [1.807, 2.05) is 22.8 Å². The highest BCUT2D eigenvalue weighted by Gasteiger charge is 2.16. The molecule has 0 spiro atoms. The second-order valence-electron chi connectivity index (χ2n) is 5.13. The van der Waals surface area contributed by atoms with E-state index >= 15 is 0 Å². The normalized spacial score (nSPS) is 12.7. The fourth-order valence-electron chi connectivity index (χ4n) is 2.62. The van der Waals surface area contributed by atoms with Gasteiger partial charge in [0.15, 0.2) is 0 Å². The summed E-state index contributed by atoms with van der Waals surface area (Å²) in [5.74, 6) is 0.0776. The molecule has 0 aliphatic heterocycles. The Morgan fingerprint density at radius 2 is 2.00 bits per heavy atom. The molecular weight excluding hydrogens is 333 g/mol. The minimum Gasteiger partial charge on any atom is -0.369 e. The smallest absolute Gasteiger partial charge is 0.201 e. The minimum absolute atomic E-state index is 0.134. The van der Waals surface area contributed by atoms with E-state index in [9.17, 15) is 4.39 Å². The summed E-state index contributed by atoms with van der Waals surface area (Å²) < 4.78 is 16.0. The number of rotatable bonds is 3. The van der Waals surface area contributed by atoms with Crippen LogP contribution in [-0.4, -0.2) is 9.55 Å². The highest BCUT2D eigenvalue weighted by Crippen LogP contribution is 2.29. The zero-order chi connectivity index (χ0) is 15.0. The predicted octanol–water partition coefficient (Wildman–Crippen LogP) is 4.32. The van der Waals surface area contributed by atoms with Crippen molar-refractivity contribution in [3.8, 4) is 0 Å². The second kappa shape index (κ2) is 5.48. The number of anilines is 1. The van der Waals surface area contributed by atoms with Gasteiger partial charge in [-0.15, -0.1) is 0 Å². The third-order valence-corrected chi connectivity index (χ3v) is 4.18. The van der Waals surface area contributed by atoms with Crippen LogP contribution >= 0.6 is 15.9 Å². The van der Waals surface area contributed by atoms with Crippen molar-refractivity contribution in [3.63, 3.8) is 0 Å². The number of hydrogen-bond donors (Lipinski definition) is 1. The first kappa shape index (κ1) is 14.1. The molecule has 1 atom stereocenters. The summed E-state index contributed by atoms with van der Waals surface area (Å²) in [5.41, 5.74) is 8.67. The molecule has 0 radical (unpaired) electrons. The maximum Gasteiger partial charge on any atom is 0.201 e. The molecule has 0 aliphatic carbocycles. The summed E-state index contributed by atoms with van der Waals surface area (Å²) in [5, 5.41) is 0. The number of aromatic nitrogens is 2. The van der Waals surface area contributed by atoms with E-state index in [-0.39, 0.29) is 11.9 Å². The third-order valence-electron chi connectivity index (χ3n) is 3.57. The number of imidazole rings is 1. The van der Waals surface area contributed by atoms with Gasteiger partial charge in [0.05, 0.1) is 15.5 Å². The Bertz CT molecular complexity index is 783. The summed E-state index contributed by atoms with van der Waals surface area (Å²) in [6, 6.07) is 13.5. The number of benzene rings is 2. The molecular formula is C16H15BrFN3. The van der Waals surface area contributed by atoms with Crippen molar-refractivity contribution < 1.29 is 4.39 Å². The van der Waals surface area contributed by atoms with Gasteiger partial charge in [0.25, 0.3) is 0 Å². The van der Waals surface area contributed by atoms with E-state index in [2.05, 4.69) is 40.0 Å². The Morgan fingerprint density at radius 3 is 2.71 bits per heavy atom. The highest BCUT2D eigenvalue weighted by atomic mass is 79.9. The average Bonchev–Trinajstić information content (AvgIpc) is 2.75. The monoisotopic (exact) mass is 347 g/mol. The van der Waals surface area contributed by atoms with Gasteiger partial charge < -0.3 is 10.3 Å². The summed E-state index contributed by atoms with van der Waals surface area (Å²) in [6.45, 7) is 2.09. The molecule has 21 heavy (non-hydrogen) atoms. The van der Waals surface area contributed by atoms with Crippen molar-refractivity contribution in [1.29, 1.82) is 0 Å². The van der Waals surface area contributed by atoms with Gasteiger partial charge in [-0.2, -0.15) is 0 Å². The van der Waals surface area contributed by atoms with Crippen LogP contribution in [0.2, 0.25) is 0 Å². The molecule has 0 amide bonds. The van der Waals surface area contributed by atoms with Crippen LogP contribution in [0.25, 0.3) is 11.0 Å². The summed E-state index contributed by atoms with van der Waals surface area (Å²) in [4.78, 5) is 4.26. The lowest BCUT2D eigenvalue weighted by molar-refractivity contribution is 0.566. The SMILES string of the molecule is CC(Cc1ccccc1)n1c(N)nc2cc(F)c(Br)cc21. The van der Waals surface area contributed by atoms with Gasteiger partial charge in [0, 0.05) is 12.1 Å². The molecule has 3 nitrogen and oxygen atoms in total. The van der Waals surface area contributed by atoms with Crippen LogP contribution in [0, 0.1) is 5.82 Å². The van der Waals surface area contributed by atoms with Crippen LogP contribution < -0.4 is 5.73 Å². The number of halogens is 2. The maximum atomic E-state index is 13.6. The number of nitrogens with two attached hydrogens (primary N) is 1. The Labute approximate surface area is 130 Å². The first-order valence-corrected chi connectivity index (χ1v) is 7.52. The first-order chi connectivity index (χ1) is 10.1. The molecule has 1 unspecified atom stereocenters. The molecule has 0 saturated heterocycles. The van der Waals surface area contributed by atoms with E-state index in [0.717, 1.165) is 11.9 Å². The molecule has 1 aromatic heterocycles. The maximum absolute atomic E-state index is 13.6. The summed E-state index contributed by atoms with van der Waals surface area (Å²) in [6.07, 6.45) is 0.839. The lowest BCUT2D eigenvalue weighted by atomic mass is 10.1. The highest BCUT2D eigenvalue weighted by molar-refractivity contribution is 9.10. The Kier molecular flexibility index (Phi) is 3.68. The van der Waals surface area contributed by atoms with Crippen molar-refractivity contribution in [2.45, 2.75) is 19.4 Å². The lowest BCUT2D eigenvalue weighted by Crippen LogP contribution is -2.11. The van der Waals surface area contributed by atoms with Crippen LogP contribution in [0.1, 0.15) is 18.5 Å². The Morgan fingerprint density at radius 1 is 1.29 bits per heavy atom. The molecule has 5 heteroatoms. The molecule has 0 saturated carbocycles. The molecule has 0 aliphatic rings. The molecule has 108 valence electrons. The van der Waals surface area contributed by atoms with Gasteiger partial charge in [-0.1, -0.05) is 30.3 Å². The quantitative estimate of drug-likeness (QED) is 0.766. The van der Waals surface area contributed by atoms with Gasteiger partial charge in [-0.3, -0.25) is 0 Å². The first-order valence-electron chi connectivity index (χ1n) is 6.72. The zero-order valence-electron chi connectivity index (χ0n) is 11.6. The molecule has 2 aromatic carbocycles. The topological polar surface area (TPSA) is 43.8 Å². The zero-order valence-corrected chi connectivity index (χ0v) is 13.1. The predicted molar refractivity (Wildman–Crippen MR) is 86.7 cm³/mol. The van der Waals surface area contributed by atoms with Crippen molar-refractivity contribution >= 4 is 32.9 Å². The summed E-state index contributed by atoms with van der Waals surface area (Å²) >= 11 is 3.22. The van der Waals surface area contributed by atoms with Crippen LogP contribution in [0.3, 0.4) is 0 Å². The second-order valence-corrected chi connectivity index (χ2v) is 5.99. The van der Waals surface area contributed by atoms with Crippen LogP contribution in [0.4, 0.5) is 10.3 Å².